The largest absolute Gasteiger partial charge is 0.484 e. The summed E-state index contributed by atoms with van der Waals surface area (Å²) in [6.45, 7) is 1.27. The van der Waals surface area contributed by atoms with Gasteiger partial charge in [0, 0.05) is 20.1 Å². The first-order chi connectivity index (χ1) is 11.2. The van der Waals surface area contributed by atoms with Crippen molar-refractivity contribution in [3.63, 3.8) is 0 Å². The van der Waals surface area contributed by atoms with Crippen LogP contribution in [0.4, 0.5) is 0 Å². The first-order valence-corrected chi connectivity index (χ1v) is 7.29. The molecule has 1 N–H and O–H groups in total. The standard InChI is InChI=1S/C15H17N5O3/c1-16-15(22)14-18-17-12-9-19(7-8-20(12)14)13(21)10-23-11-5-3-2-4-6-11/h2-6H,7-10H2,1H3,(H,16,22). The van der Waals surface area contributed by atoms with E-state index in [0.717, 1.165) is 0 Å². The molecule has 1 aromatic carbocycles. The number of amides is 2. The number of carbonyl (C=O) groups is 2. The SMILES string of the molecule is CNC(=O)c1nnc2n1CCN(C(=O)COc1ccccc1)C2. The Morgan fingerprint density at radius 2 is 2.00 bits per heavy atom. The number of hydrogen-bond acceptors (Lipinski definition) is 5. The highest BCUT2D eigenvalue weighted by Crippen LogP contribution is 2.14. The normalized spacial score (nSPS) is 13.3. The van der Waals surface area contributed by atoms with Crippen molar-refractivity contribution in [3.05, 3.63) is 42.0 Å². The van der Waals surface area contributed by atoms with Crippen LogP contribution in [0.2, 0.25) is 0 Å². The summed E-state index contributed by atoms with van der Waals surface area (Å²) in [5.41, 5.74) is 0. The Bertz CT molecular complexity index is 713. The Hall–Kier alpha value is -2.90. The first-order valence-electron chi connectivity index (χ1n) is 7.29. The van der Waals surface area contributed by atoms with Crippen LogP contribution in [0.1, 0.15) is 16.4 Å². The number of carbonyl (C=O) groups excluding carboxylic acids is 2. The first kappa shape index (κ1) is 15.0. The Balaban J connectivity index is 1.62. The fourth-order valence-electron chi connectivity index (χ4n) is 2.40. The highest BCUT2D eigenvalue weighted by atomic mass is 16.5. The van der Waals surface area contributed by atoms with E-state index < -0.39 is 0 Å². The average Bonchev–Trinajstić information content (AvgIpc) is 3.03. The Kier molecular flexibility index (Phi) is 4.22. The zero-order chi connectivity index (χ0) is 16.2. The average molecular weight is 315 g/mol. The van der Waals surface area contributed by atoms with Crippen molar-refractivity contribution in [1.29, 1.82) is 0 Å². The molecule has 0 radical (unpaired) electrons. The second kappa shape index (κ2) is 6.47. The van der Waals surface area contributed by atoms with E-state index in [9.17, 15) is 9.59 Å². The second-order valence-electron chi connectivity index (χ2n) is 5.09. The maximum atomic E-state index is 12.2. The van der Waals surface area contributed by atoms with Crippen LogP contribution in [0, 0.1) is 0 Å². The molecule has 1 aromatic heterocycles. The number of nitrogens with zero attached hydrogens (tertiary/aromatic N) is 4. The maximum Gasteiger partial charge on any atom is 0.288 e. The van der Waals surface area contributed by atoms with Crippen LogP contribution >= 0.6 is 0 Å². The van der Waals surface area contributed by atoms with Crippen molar-refractivity contribution in [2.75, 3.05) is 20.2 Å². The number of aromatic nitrogens is 3. The predicted octanol–water partition coefficient (Wildman–Crippen LogP) is 0.0589. The van der Waals surface area contributed by atoms with Crippen molar-refractivity contribution in [3.8, 4) is 5.75 Å². The van der Waals surface area contributed by atoms with Crippen LogP contribution in [0.25, 0.3) is 0 Å². The number of benzene rings is 1. The molecule has 0 atom stereocenters. The van der Waals surface area contributed by atoms with Crippen molar-refractivity contribution in [2.45, 2.75) is 13.1 Å². The van der Waals surface area contributed by atoms with Gasteiger partial charge in [0.15, 0.2) is 12.4 Å². The van der Waals surface area contributed by atoms with Gasteiger partial charge >= 0.3 is 0 Å². The molecule has 0 aliphatic carbocycles. The molecule has 0 unspecified atom stereocenters. The van der Waals surface area contributed by atoms with Gasteiger partial charge in [0.25, 0.3) is 11.8 Å². The van der Waals surface area contributed by atoms with Crippen LogP contribution in [-0.2, 0) is 17.9 Å². The molecule has 120 valence electrons. The number of hydrogen-bond donors (Lipinski definition) is 1. The van der Waals surface area contributed by atoms with Crippen molar-refractivity contribution < 1.29 is 14.3 Å². The number of para-hydroxylation sites is 1. The zero-order valence-corrected chi connectivity index (χ0v) is 12.7. The van der Waals surface area contributed by atoms with E-state index in [4.69, 9.17) is 4.74 Å². The van der Waals surface area contributed by atoms with Gasteiger partial charge in [-0.1, -0.05) is 18.2 Å². The van der Waals surface area contributed by atoms with E-state index in [-0.39, 0.29) is 24.2 Å². The number of fused-ring (bicyclic) bond motifs is 1. The van der Waals surface area contributed by atoms with Gasteiger partial charge in [-0.3, -0.25) is 9.59 Å². The Morgan fingerprint density at radius 1 is 1.22 bits per heavy atom. The number of ether oxygens (including phenoxy) is 1. The monoisotopic (exact) mass is 315 g/mol. The molecule has 1 aliphatic rings. The van der Waals surface area contributed by atoms with Crippen LogP contribution in [0.15, 0.2) is 30.3 Å². The van der Waals surface area contributed by atoms with Gasteiger partial charge < -0.3 is 19.5 Å². The summed E-state index contributed by atoms with van der Waals surface area (Å²) in [4.78, 5) is 25.6. The topological polar surface area (TPSA) is 89.4 Å². The molecule has 3 rings (SSSR count). The molecular formula is C15H17N5O3. The van der Waals surface area contributed by atoms with Gasteiger partial charge in [-0.25, -0.2) is 0 Å². The zero-order valence-electron chi connectivity index (χ0n) is 12.7. The van der Waals surface area contributed by atoms with Crippen molar-refractivity contribution >= 4 is 11.8 Å². The molecule has 23 heavy (non-hydrogen) atoms. The molecular weight excluding hydrogens is 298 g/mol. The fraction of sp³-hybridized carbons (Fsp3) is 0.333. The lowest BCUT2D eigenvalue weighted by molar-refractivity contribution is -0.134. The Morgan fingerprint density at radius 3 is 2.74 bits per heavy atom. The minimum atomic E-state index is -0.282. The Labute approximate surface area is 133 Å². The lowest BCUT2D eigenvalue weighted by Crippen LogP contribution is -2.41. The third-order valence-electron chi connectivity index (χ3n) is 3.64. The summed E-state index contributed by atoms with van der Waals surface area (Å²) >= 11 is 0. The summed E-state index contributed by atoms with van der Waals surface area (Å²) in [5.74, 6) is 1.13. The van der Waals surface area contributed by atoms with Gasteiger partial charge in [0.1, 0.15) is 5.75 Å². The van der Waals surface area contributed by atoms with Gasteiger partial charge in [-0.05, 0) is 12.1 Å². The molecule has 2 aromatic rings. The van der Waals surface area contributed by atoms with E-state index in [1.54, 1.807) is 28.6 Å². The summed E-state index contributed by atoms with van der Waals surface area (Å²) in [7, 11) is 1.55. The molecule has 8 nitrogen and oxygen atoms in total. The van der Waals surface area contributed by atoms with E-state index >= 15 is 0 Å². The summed E-state index contributed by atoms with van der Waals surface area (Å²) in [5, 5.41) is 10.4. The van der Waals surface area contributed by atoms with Gasteiger partial charge in [-0.15, -0.1) is 10.2 Å². The smallest absolute Gasteiger partial charge is 0.288 e. The molecule has 0 spiro atoms. The molecule has 2 amide bonds. The van der Waals surface area contributed by atoms with Gasteiger partial charge in [0.2, 0.25) is 5.82 Å². The molecule has 2 heterocycles. The highest BCUT2D eigenvalue weighted by molar-refractivity contribution is 5.90. The van der Waals surface area contributed by atoms with Crippen molar-refractivity contribution in [1.82, 2.24) is 25.0 Å². The molecule has 0 saturated heterocycles. The van der Waals surface area contributed by atoms with Gasteiger partial charge in [0.05, 0.1) is 6.54 Å². The van der Waals surface area contributed by atoms with E-state index in [0.29, 0.717) is 31.2 Å². The summed E-state index contributed by atoms with van der Waals surface area (Å²) in [6.07, 6.45) is 0. The lowest BCUT2D eigenvalue weighted by atomic mass is 10.3. The van der Waals surface area contributed by atoms with E-state index in [1.165, 1.54) is 0 Å². The molecule has 0 bridgehead atoms. The van der Waals surface area contributed by atoms with Crippen LogP contribution in [0.3, 0.4) is 0 Å². The lowest BCUT2D eigenvalue weighted by Gasteiger charge is -2.27. The summed E-state index contributed by atoms with van der Waals surface area (Å²) in [6, 6.07) is 9.19. The van der Waals surface area contributed by atoms with E-state index in [1.807, 2.05) is 18.2 Å². The fourth-order valence-corrected chi connectivity index (χ4v) is 2.40. The highest BCUT2D eigenvalue weighted by Gasteiger charge is 2.26. The van der Waals surface area contributed by atoms with Crippen LogP contribution in [-0.4, -0.2) is 51.7 Å². The minimum absolute atomic E-state index is 0.0273. The molecule has 0 saturated carbocycles. The maximum absolute atomic E-state index is 12.2. The third kappa shape index (κ3) is 3.15. The van der Waals surface area contributed by atoms with Crippen LogP contribution < -0.4 is 10.1 Å². The third-order valence-corrected chi connectivity index (χ3v) is 3.64. The van der Waals surface area contributed by atoms with Crippen molar-refractivity contribution in [2.24, 2.45) is 0 Å². The number of nitrogens with one attached hydrogen (secondary N) is 1. The van der Waals surface area contributed by atoms with Gasteiger partial charge in [-0.2, -0.15) is 0 Å². The van der Waals surface area contributed by atoms with E-state index in [2.05, 4.69) is 15.5 Å². The summed E-state index contributed by atoms with van der Waals surface area (Å²) < 4.78 is 7.21. The van der Waals surface area contributed by atoms with Crippen LogP contribution in [0.5, 0.6) is 5.75 Å². The molecule has 0 fully saturated rings. The minimum Gasteiger partial charge on any atom is -0.484 e. The predicted molar refractivity (Wildman–Crippen MR) is 80.8 cm³/mol. The molecule has 8 heteroatoms. The second-order valence-corrected chi connectivity index (χ2v) is 5.09. The molecule has 1 aliphatic heterocycles. The quantitative estimate of drug-likeness (QED) is 0.862. The number of rotatable bonds is 4.